The number of nitrogens with zero attached hydrogens (tertiary/aromatic N) is 3. The molecular weight excluding hydrogens is 434 g/mol. The average Bonchev–Trinajstić information content (AvgIpc) is 3.24. The quantitative estimate of drug-likeness (QED) is 0.590. The normalized spacial score (nSPS) is 23.7. The van der Waals surface area contributed by atoms with Gasteiger partial charge in [-0.05, 0) is 40.8 Å². The lowest BCUT2D eigenvalue weighted by Crippen LogP contribution is -2.53. The molecule has 0 N–H and O–H groups in total. The summed E-state index contributed by atoms with van der Waals surface area (Å²) >= 11 is 0. The van der Waals surface area contributed by atoms with E-state index in [4.69, 9.17) is 4.84 Å². The number of fused-ring (bicyclic) bond motifs is 1. The zero-order chi connectivity index (χ0) is 23.0. The van der Waals surface area contributed by atoms with E-state index in [1.54, 1.807) is 28.5 Å². The molecule has 0 aliphatic carbocycles. The van der Waals surface area contributed by atoms with E-state index < -0.39 is 16.1 Å². The molecular formula is C26H25N3O3S. The fourth-order valence-electron chi connectivity index (χ4n) is 4.87. The van der Waals surface area contributed by atoms with Crippen LogP contribution in [0.15, 0.2) is 83.8 Å². The highest BCUT2D eigenvalue weighted by atomic mass is 32.2. The van der Waals surface area contributed by atoms with Crippen molar-refractivity contribution in [3.63, 3.8) is 0 Å². The predicted molar refractivity (Wildman–Crippen MR) is 125 cm³/mol. The van der Waals surface area contributed by atoms with Crippen LogP contribution in [0.3, 0.4) is 0 Å². The SMILES string of the molecule is CN1O[C@@H](C#N)C[C@H]1[C@H]1Cc2ccccc2CN1S(=O)(=O)c1ccc(-c2ccccc2)cc1. The third-order valence-electron chi connectivity index (χ3n) is 6.62. The van der Waals surface area contributed by atoms with E-state index in [0.29, 0.717) is 19.4 Å². The molecule has 0 bridgehead atoms. The van der Waals surface area contributed by atoms with Gasteiger partial charge in [0.1, 0.15) is 0 Å². The Morgan fingerprint density at radius 2 is 1.52 bits per heavy atom. The molecule has 2 aliphatic heterocycles. The smallest absolute Gasteiger partial charge is 0.243 e. The topological polar surface area (TPSA) is 73.6 Å². The van der Waals surface area contributed by atoms with Crippen molar-refractivity contribution in [2.45, 2.75) is 42.5 Å². The van der Waals surface area contributed by atoms with Gasteiger partial charge in [0.2, 0.25) is 10.0 Å². The zero-order valence-corrected chi connectivity index (χ0v) is 19.2. The average molecular weight is 460 g/mol. The largest absolute Gasteiger partial charge is 0.280 e. The van der Waals surface area contributed by atoms with Crippen LogP contribution in [0.25, 0.3) is 11.1 Å². The van der Waals surface area contributed by atoms with Gasteiger partial charge >= 0.3 is 0 Å². The van der Waals surface area contributed by atoms with E-state index in [9.17, 15) is 13.7 Å². The second kappa shape index (κ2) is 8.73. The molecule has 3 atom stereocenters. The lowest BCUT2D eigenvalue weighted by atomic mass is 9.90. The van der Waals surface area contributed by atoms with Gasteiger partial charge in [-0.2, -0.15) is 14.6 Å². The Morgan fingerprint density at radius 1 is 0.879 bits per heavy atom. The molecule has 2 aliphatic rings. The van der Waals surface area contributed by atoms with Gasteiger partial charge in [0.15, 0.2) is 6.10 Å². The molecule has 0 unspecified atom stereocenters. The van der Waals surface area contributed by atoms with E-state index >= 15 is 0 Å². The van der Waals surface area contributed by atoms with Gasteiger partial charge in [-0.15, -0.1) is 0 Å². The molecule has 2 heterocycles. The van der Waals surface area contributed by atoms with E-state index in [1.165, 1.54) is 0 Å². The van der Waals surface area contributed by atoms with E-state index in [-0.39, 0.29) is 17.0 Å². The number of hydrogen-bond donors (Lipinski definition) is 0. The van der Waals surface area contributed by atoms with Crippen molar-refractivity contribution in [2.75, 3.05) is 7.05 Å². The Balaban J connectivity index is 1.51. The zero-order valence-electron chi connectivity index (χ0n) is 18.3. The fraction of sp³-hybridized carbons (Fsp3) is 0.269. The summed E-state index contributed by atoms with van der Waals surface area (Å²) in [6, 6.07) is 26.5. The highest BCUT2D eigenvalue weighted by molar-refractivity contribution is 7.89. The Bertz CT molecular complexity index is 1290. The third-order valence-corrected chi connectivity index (χ3v) is 8.50. The van der Waals surface area contributed by atoms with Crippen LogP contribution in [0, 0.1) is 11.3 Å². The maximum atomic E-state index is 13.9. The van der Waals surface area contributed by atoms with Gasteiger partial charge in [0, 0.05) is 26.1 Å². The molecule has 7 heteroatoms. The minimum atomic E-state index is -3.77. The maximum Gasteiger partial charge on any atom is 0.243 e. The molecule has 1 fully saturated rings. The summed E-state index contributed by atoms with van der Waals surface area (Å²) in [5.41, 5.74) is 4.16. The van der Waals surface area contributed by atoms with Crippen molar-refractivity contribution in [2.24, 2.45) is 0 Å². The van der Waals surface area contributed by atoms with Gasteiger partial charge in [0.05, 0.1) is 17.0 Å². The summed E-state index contributed by atoms with van der Waals surface area (Å²) in [6.45, 7) is 0.297. The monoisotopic (exact) mass is 459 g/mol. The molecule has 1 saturated heterocycles. The second-order valence-corrected chi connectivity index (χ2v) is 10.4. The fourth-order valence-corrected chi connectivity index (χ4v) is 6.50. The maximum absolute atomic E-state index is 13.9. The molecule has 5 rings (SSSR count). The van der Waals surface area contributed by atoms with Crippen LogP contribution in [0.1, 0.15) is 17.5 Å². The Kier molecular flexibility index (Phi) is 5.77. The Hall–Kier alpha value is -3.02. The molecule has 168 valence electrons. The van der Waals surface area contributed by atoms with E-state index in [2.05, 4.69) is 12.1 Å². The Labute approximate surface area is 194 Å². The molecule has 0 radical (unpaired) electrons. The second-order valence-electron chi connectivity index (χ2n) is 8.55. The van der Waals surface area contributed by atoms with Crippen molar-refractivity contribution in [3.05, 3.63) is 90.0 Å². The lowest BCUT2D eigenvalue weighted by Gasteiger charge is -2.40. The van der Waals surface area contributed by atoms with Crippen LogP contribution >= 0.6 is 0 Å². The van der Waals surface area contributed by atoms with Crippen LogP contribution < -0.4 is 0 Å². The molecule has 3 aromatic carbocycles. The highest BCUT2D eigenvalue weighted by Crippen LogP contribution is 2.35. The molecule has 0 aromatic heterocycles. The first-order valence-corrected chi connectivity index (χ1v) is 12.4. The van der Waals surface area contributed by atoms with Crippen molar-refractivity contribution in [1.29, 1.82) is 5.26 Å². The third kappa shape index (κ3) is 4.07. The first-order valence-electron chi connectivity index (χ1n) is 11.0. The van der Waals surface area contributed by atoms with Crippen LogP contribution in [-0.2, 0) is 27.8 Å². The van der Waals surface area contributed by atoms with Gasteiger partial charge < -0.3 is 0 Å². The predicted octanol–water partition coefficient (Wildman–Crippen LogP) is 4.00. The van der Waals surface area contributed by atoms with Crippen molar-refractivity contribution in [3.8, 4) is 17.2 Å². The van der Waals surface area contributed by atoms with Gasteiger partial charge in [-0.3, -0.25) is 4.84 Å². The highest BCUT2D eigenvalue weighted by Gasteiger charge is 2.45. The van der Waals surface area contributed by atoms with Crippen LogP contribution in [0.2, 0.25) is 0 Å². The number of nitriles is 1. The summed E-state index contributed by atoms with van der Waals surface area (Å²) in [5.74, 6) is 0. The summed E-state index contributed by atoms with van der Waals surface area (Å²) in [4.78, 5) is 5.91. The standard InChI is InChI=1S/C26H25N3O3S/c1-28-25(16-23(17-27)32-28)26-15-21-9-5-6-10-22(21)18-29(26)33(30,31)24-13-11-20(12-14-24)19-7-3-2-4-8-19/h2-14,23,25-26H,15-16,18H2,1H3/t23-,25+,26-/m1/s1. The number of sulfonamides is 1. The van der Waals surface area contributed by atoms with Crippen molar-refractivity contribution >= 4 is 10.0 Å². The first-order chi connectivity index (χ1) is 16.0. The number of hydroxylamine groups is 2. The number of likely N-dealkylation sites (N-methyl/N-ethyl adjacent to an activating group) is 1. The minimum Gasteiger partial charge on any atom is -0.280 e. The van der Waals surface area contributed by atoms with Crippen LogP contribution in [-0.4, -0.2) is 43.0 Å². The van der Waals surface area contributed by atoms with Crippen molar-refractivity contribution in [1.82, 2.24) is 9.37 Å². The minimum absolute atomic E-state index is 0.207. The molecule has 6 nitrogen and oxygen atoms in total. The summed E-state index contributed by atoms with van der Waals surface area (Å²) in [5, 5.41) is 11.0. The lowest BCUT2D eigenvalue weighted by molar-refractivity contribution is -0.137. The van der Waals surface area contributed by atoms with Gasteiger partial charge in [-0.1, -0.05) is 66.7 Å². The summed E-state index contributed by atoms with van der Waals surface area (Å²) in [7, 11) is -1.99. The van der Waals surface area contributed by atoms with E-state index in [0.717, 1.165) is 22.3 Å². The van der Waals surface area contributed by atoms with Crippen molar-refractivity contribution < 1.29 is 13.3 Å². The number of hydrogen-bond acceptors (Lipinski definition) is 5. The molecule has 33 heavy (non-hydrogen) atoms. The van der Waals surface area contributed by atoms with Crippen LogP contribution in [0.5, 0.6) is 0 Å². The van der Waals surface area contributed by atoms with E-state index in [1.807, 2.05) is 60.7 Å². The number of benzene rings is 3. The number of rotatable bonds is 4. The van der Waals surface area contributed by atoms with Gasteiger partial charge in [0.25, 0.3) is 0 Å². The summed E-state index contributed by atoms with van der Waals surface area (Å²) < 4.78 is 29.3. The van der Waals surface area contributed by atoms with Gasteiger partial charge in [-0.25, -0.2) is 8.42 Å². The summed E-state index contributed by atoms with van der Waals surface area (Å²) in [6.07, 6.45) is 0.485. The molecule has 3 aromatic rings. The molecule has 0 spiro atoms. The van der Waals surface area contributed by atoms with Crippen LogP contribution in [0.4, 0.5) is 0 Å². The molecule has 0 saturated carbocycles. The molecule has 0 amide bonds. The Morgan fingerprint density at radius 3 is 2.18 bits per heavy atom. The first kappa shape index (κ1) is 21.8.